The van der Waals surface area contributed by atoms with E-state index in [9.17, 15) is 4.79 Å². The van der Waals surface area contributed by atoms with Crippen LogP contribution in [0.25, 0.3) is 10.9 Å². The summed E-state index contributed by atoms with van der Waals surface area (Å²) in [5.41, 5.74) is 4.14. The lowest BCUT2D eigenvalue weighted by molar-refractivity contribution is -0.130. The number of nitrogens with one attached hydrogen (secondary N) is 1. The minimum absolute atomic E-state index is 0.0627. The molecule has 0 bridgehead atoms. The maximum absolute atomic E-state index is 12.4. The van der Waals surface area contributed by atoms with Crippen LogP contribution in [0.3, 0.4) is 0 Å². The molecule has 4 rings (SSSR count). The number of nitrogens with zero attached hydrogens (tertiary/aromatic N) is 3. The second-order valence-corrected chi connectivity index (χ2v) is 7.20. The number of carbonyl (C=O) groups is 1. The van der Waals surface area contributed by atoms with Crippen LogP contribution in [0.4, 0.5) is 0 Å². The molecule has 1 aliphatic heterocycles. The molecule has 2 heterocycles. The predicted molar refractivity (Wildman–Crippen MR) is 97.1 cm³/mol. The van der Waals surface area contributed by atoms with E-state index in [4.69, 9.17) is 5.26 Å². The van der Waals surface area contributed by atoms with E-state index in [0.29, 0.717) is 12.6 Å². The molecule has 1 aromatic carbocycles. The Kier molecular flexibility index (Phi) is 4.22. The number of para-hydroxylation sites is 1. The third-order valence-corrected chi connectivity index (χ3v) is 5.79. The Balaban J connectivity index is 1.44. The van der Waals surface area contributed by atoms with Crippen LogP contribution in [0.15, 0.2) is 24.3 Å². The van der Waals surface area contributed by atoms with Crippen LogP contribution in [-0.2, 0) is 24.7 Å². The maximum Gasteiger partial charge on any atom is 0.237 e. The smallest absolute Gasteiger partial charge is 0.237 e. The Morgan fingerprint density at radius 1 is 1.36 bits per heavy atom. The van der Waals surface area contributed by atoms with Gasteiger partial charge in [0, 0.05) is 36.2 Å². The van der Waals surface area contributed by atoms with Gasteiger partial charge in [-0.25, -0.2) is 0 Å². The number of fused-ring (bicyclic) bond motifs is 3. The van der Waals surface area contributed by atoms with E-state index in [1.807, 2.05) is 0 Å². The summed E-state index contributed by atoms with van der Waals surface area (Å²) in [5.74, 6) is 0.0627. The summed E-state index contributed by atoms with van der Waals surface area (Å²) in [6.07, 6.45) is 4.80. The molecule has 0 spiro atoms. The molecule has 25 heavy (non-hydrogen) atoms. The van der Waals surface area contributed by atoms with E-state index in [2.05, 4.69) is 47.3 Å². The van der Waals surface area contributed by atoms with Crippen LogP contribution in [-0.4, -0.2) is 40.5 Å². The molecule has 0 unspecified atom stereocenters. The molecule has 5 heteroatoms. The van der Waals surface area contributed by atoms with Gasteiger partial charge in [-0.05, 0) is 43.7 Å². The highest BCUT2D eigenvalue weighted by molar-refractivity contribution is 5.86. The number of rotatable bonds is 3. The molecular formula is C20H24N4O. The van der Waals surface area contributed by atoms with Crippen LogP contribution in [0.5, 0.6) is 0 Å². The molecule has 2 atom stereocenters. The van der Waals surface area contributed by atoms with E-state index in [0.717, 1.165) is 38.6 Å². The monoisotopic (exact) mass is 336 g/mol. The van der Waals surface area contributed by atoms with Crippen LogP contribution < -0.4 is 5.32 Å². The quantitative estimate of drug-likeness (QED) is 0.934. The number of aromatic nitrogens is 1. The van der Waals surface area contributed by atoms with Crippen molar-refractivity contribution in [3.8, 4) is 6.07 Å². The van der Waals surface area contributed by atoms with Gasteiger partial charge in [0.2, 0.25) is 5.91 Å². The second-order valence-electron chi connectivity index (χ2n) is 7.20. The summed E-state index contributed by atoms with van der Waals surface area (Å²) in [5, 5.41) is 13.9. The van der Waals surface area contributed by atoms with Gasteiger partial charge in [0.15, 0.2) is 0 Å². The van der Waals surface area contributed by atoms with Crippen molar-refractivity contribution in [2.75, 3.05) is 13.1 Å². The van der Waals surface area contributed by atoms with Crippen molar-refractivity contribution in [2.45, 2.75) is 44.2 Å². The van der Waals surface area contributed by atoms with E-state index in [1.54, 1.807) is 4.90 Å². The predicted octanol–water partition coefficient (Wildman–Crippen LogP) is 2.14. The maximum atomic E-state index is 12.4. The molecular weight excluding hydrogens is 312 g/mol. The molecule has 1 N–H and O–H groups in total. The zero-order chi connectivity index (χ0) is 17.4. The van der Waals surface area contributed by atoms with Crippen molar-refractivity contribution in [1.29, 1.82) is 5.26 Å². The van der Waals surface area contributed by atoms with Gasteiger partial charge in [0.1, 0.15) is 6.04 Å². The zero-order valence-corrected chi connectivity index (χ0v) is 14.7. The third-order valence-electron chi connectivity index (χ3n) is 5.79. The lowest BCUT2D eigenvalue weighted by Crippen LogP contribution is -2.44. The molecule has 130 valence electrons. The van der Waals surface area contributed by atoms with Crippen LogP contribution in [0, 0.1) is 11.3 Å². The highest BCUT2D eigenvalue weighted by atomic mass is 16.2. The zero-order valence-electron chi connectivity index (χ0n) is 14.7. The normalized spacial score (nSPS) is 22.8. The minimum Gasteiger partial charge on any atom is -0.347 e. The Morgan fingerprint density at radius 3 is 3.04 bits per heavy atom. The Bertz CT molecular complexity index is 847. The first-order valence-corrected chi connectivity index (χ1v) is 9.16. The molecule has 1 aliphatic carbocycles. The fraction of sp³-hybridized carbons (Fsp3) is 0.500. The first-order valence-electron chi connectivity index (χ1n) is 9.16. The highest BCUT2D eigenvalue weighted by Gasteiger charge is 2.29. The average Bonchev–Trinajstić information content (AvgIpc) is 3.24. The summed E-state index contributed by atoms with van der Waals surface area (Å²) >= 11 is 0. The Hall–Kier alpha value is -2.32. The molecule has 1 fully saturated rings. The lowest BCUT2D eigenvalue weighted by atomic mass is 9.91. The Morgan fingerprint density at radius 2 is 2.20 bits per heavy atom. The number of amides is 1. The first kappa shape index (κ1) is 16.2. The molecule has 1 saturated heterocycles. The number of benzene rings is 1. The second kappa shape index (κ2) is 6.53. The van der Waals surface area contributed by atoms with Crippen molar-refractivity contribution < 1.29 is 4.79 Å². The van der Waals surface area contributed by atoms with Gasteiger partial charge in [-0.2, -0.15) is 5.26 Å². The van der Waals surface area contributed by atoms with Gasteiger partial charge in [0.05, 0.1) is 12.6 Å². The van der Waals surface area contributed by atoms with Crippen molar-refractivity contribution in [3.63, 3.8) is 0 Å². The SMILES string of the molecule is Cn1c2c(c3ccccc31)C[C@H](NCC(=O)N1CCC[C@H]1C#N)CC2. The summed E-state index contributed by atoms with van der Waals surface area (Å²) in [7, 11) is 2.15. The number of aryl methyl sites for hydroxylation is 1. The number of likely N-dealkylation sites (tertiary alicyclic amines) is 1. The first-order chi connectivity index (χ1) is 12.2. The van der Waals surface area contributed by atoms with Crippen LogP contribution >= 0.6 is 0 Å². The number of carbonyl (C=O) groups excluding carboxylic acids is 1. The van der Waals surface area contributed by atoms with Crippen LogP contribution in [0.2, 0.25) is 0 Å². The molecule has 1 aromatic heterocycles. The number of hydrogen-bond donors (Lipinski definition) is 1. The lowest BCUT2D eigenvalue weighted by Gasteiger charge is -2.26. The van der Waals surface area contributed by atoms with Gasteiger partial charge < -0.3 is 14.8 Å². The van der Waals surface area contributed by atoms with Gasteiger partial charge >= 0.3 is 0 Å². The highest BCUT2D eigenvalue weighted by Crippen LogP contribution is 2.31. The third kappa shape index (κ3) is 2.81. The summed E-state index contributed by atoms with van der Waals surface area (Å²) in [4.78, 5) is 14.2. The minimum atomic E-state index is -0.231. The molecule has 0 saturated carbocycles. The van der Waals surface area contributed by atoms with E-state index in [1.165, 1.54) is 22.2 Å². The average molecular weight is 336 g/mol. The van der Waals surface area contributed by atoms with Crippen molar-refractivity contribution in [2.24, 2.45) is 7.05 Å². The van der Waals surface area contributed by atoms with Gasteiger partial charge in [0.25, 0.3) is 0 Å². The molecule has 2 aromatic rings. The fourth-order valence-electron chi connectivity index (χ4n) is 4.44. The van der Waals surface area contributed by atoms with E-state index >= 15 is 0 Å². The number of nitriles is 1. The van der Waals surface area contributed by atoms with Crippen molar-refractivity contribution >= 4 is 16.8 Å². The molecule has 0 radical (unpaired) electrons. The van der Waals surface area contributed by atoms with Crippen molar-refractivity contribution in [3.05, 3.63) is 35.5 Å². The standard InChI is InChI=1S/C20H24N4O/c1-23-18-7-3-2-6-16(18)17-11-14(8-9-19(17)23)22-13-20(25)24-10-4-5-15(24)12-21/h2-3,6-7,14-15,22H,4-5,8-11,13H2,1H3/t14-,15+/m1/s1. The number of hydrogen-bond acceptors (Lipinski definition) is 3. The summed E-state index contributed by atoms with van der Waals surface area (Å²) in [6.45, 7) is 1.06. The van der Waals surface area contributed by atoms with Gasteiger partial charge in [-0.3, -0.25) is 4.79 Å². The van der Waals surface area contributed by atoms with Gasteiger partial charge in [-0.1, -0.05) is 18.2 Å². The largest absolute Gasteiger partial charge is 0.347 e. The Labute approximate surface area is 148 Å². The molecule has 2 aliphatic rings. The van der Waals surface area contributed by atoms with Gasteiger partial charge in [-0.15, -0.1) is 0 Å². The molecule has 5 nitrogen and oxygen atoms in total. The summed E-state index contributed by atoms with van der Waals surface area (Å²) < 4.78 is 2.31. The topological polar surface area (TPSA) is 61.1 Å². The van der Waals surface area contributed by atoms with Crippen LogP contribution in [0.1, 0.15) is 30.5 Å². The summed E-state index contributed by atoms with van der Waals surface area (Å²) in [6, 6.07) is 10.9. The fourth-order valence-corrected chi connectivity index (χ4v) is 4.44. The molecule has 1 amide bonds. The van der Waals surface area contributed by atoms with E-state index < -0.39 is 0 Å². The van der Waals surface area contributed by atoms with E-state index in [-0.39, 0.29) is 11.9 Å². The van der Waals surface area contributed by atoms with Crippen molar-refractivity contribution in [1.82, 2.24) is 14.8 Å².